The van der Waals surface area contributed by atoms with Crippen molar-refractivity contribution in [1.29, 1.82) is 0 Å². The van der Waals surface area contributed by atoms with Crippen LogP contribution >= 0.6 is 0 Å². The third kappa shape index (κ3) is 3.53. The molecule has 1 aromatic heterocycles. The number of nitro benzene ring substituents is 1. The molecular formula is C22H14N2O6. The van der Waals surface area contributed by atoms with Crippen LogP contribution in [0.15, 0.2) is 66.7 Å². The van der Waals surface area contributed by atoms with Crippen molar-refractivity contribution in [3.8, 4) is 11.5 Å². The van der Waals surface area contributed by atoms with E-state index in [9.17, 15) is 19.7 Å². The molecule has 8 nitrogen and oxygen atoms in total. The van der Waals surface area contributed by atoms with Gasteiger partial charge in [0.2, 0.25) is 5.78 Å². The number of ketones is 1. The third-order valence-corrected chi connectivity index (χ3v) is 4.56. The van der Waals surface area contributed by atoms with Crippen LogP contribution < -0.4 is 9.47 Å². The first-order valence-electron chi connectivity index (χ1n) is 8.88. The van der Waals surface area contributed by atoms with E-state index < -0.39 is 10.9 Å². The first-order chi connectivity index (χ1) is 14.4. The Labute approximate surface area is 170 Å². The number of allylic oxidation sites excluding steroid dienone is 1. The Morgan fingerprint density at radius 2 is 1.80 bits per heavy atom. The number of nitrogens with zero attached hydrogens (tertiary/aromatic N) is 2. The van der Waals surface area contributed by atoms with Gasteiger partial charge in [0.25, 0.3) is 5.69 Å². The van der Waals surface area contributed by atoms with Gasteiger partial charge in [-0.15, -0.1) is 0 Å². The Balaban J connectivity index is 1.59. The molecule has 0 fully saturated rings. The summed E-state index contributed by atoms with van der Waals surface area (Å²) in [7, 11) is 0. The lowest BCUT2D eigenvalue weighted by atomic mass is 10.1. The van der Waals surface area contributed by atoms with Gasteiger partial charge in [0.05, 0.1) is 16.1 Å². The quantitative estimate of drug-likeness (QED) is 0.212. The molecule has 0 amide bonds. The van der Waals surface area contributed by atoms with Crippen LogP contribution in [0, 0.1) is 17.0 Å². The maximum Gasteiger partial charge on any atom is 0.343 e. The number of esters is 1. The molecule has 2 heterocycles. The molecule has 0 bridgehead atoms. The van der Waals surface area contributed by atoms with Crippen molar-refractivity contribution in [2.45, 2.75) is 6.92 Å². The van der Waals surface area contributed by atoms with Crippen molar-refractivity contribution in [1.82, 2.24) is 4.98 Å². The summed E-state index contributed by atoms with van der Waals surface area (Å²) >= 11 is 0. The first-order valence-corrected chi connectivity index (χ1v) is 8.88. The lowest BCUT2D eigenvalue weighted by Gasteiger charge is -2.10. The van der Waals surface area contributed by atoms with Gasteiger partial charge < -0.3 is 9.47 Å². The number of non-ortho nitro benzene ring substituents is 1. The van der Waals surface area contributed by atoms with Crippen LogP contribution in [-0.2, 0) is 0 Å². The van der Waals surface area contributed by atoms with Gasteiger partial charge in [-0.2, -0.15) is 0 Å². The molecule has 3 aromatic rings. The summed E-state index contributed by atoms with van der Waals surface area (Å²) in [5.74, 6) is -0.197. The number of carbonyl (C=O) groups excluding carboxylic acids is 2. The number of aromatic nitrogens is 1. The number of fused-ring (bicyclic) bond motifs is 1. The number of Topliss-reactive ketones (excluding diaryl/α,β-unsaturated/α-hetero) is 1. The predicted molar refractivity (Wildman–Crippen MR) is 106 cm³/mol. The Bertz CT molecular complexity index is 1200. The highest BCUT2D eigenvalue weighted by Crippen LogP contribution is 2.39. The molecular weight excluding hydrogens is 388 g/mol. The van der Waals surface area contributed by atoms with Crippen LogP contribution in [0.4, 0.5) is 5.69 Å². The molecule has 0 atom stereocenters. The maximum absolute atomic E-state index is 12.7. The maximum atomic E-state index is 12.7. The predicted octanol–water partition coefficient (Wildman–Crippen LogP) is 4.13. The second-order valence-corrected chi connectivity index (χ2v) is 6.48. The fourth-order valence-corrected chi connectivity index (χ4v) is 2.97. The number of carbonyl (C=O) groups is 2. The SMILES string of the molecule is Cc1c(OC(=O)c2ccncc2)ccc2c1O/C(=C\c1ccc([N+](=O)[O-])cc1)C2=O. The van der Waals surface area contributed by atoms with Gasteiger partial charge in [-0.3, -0.25) is 19.9 Å². The van der Waals surface area contributed by atoms with E-state index in [0.29, 0.717) is 28.0 Å². The molecule has 4 rings (SSSR count). The average molecular weight is 402 g/mol. The average Bonchev–Trinajstić information content (AvgIpc) is 3.07. The molecule has 0 aliphatic carbocycles. The van der Waals surface area contributed by atoms with Crippen molar-refractivity contribution in [2.75, 3.05) is 0 Å². The summed E-state index contributed by atoms with van der Waals surface area (Å²) < 4.78 is 11.2. The first kappa shape index (κ1) is 19.0. The Morgan fingerprint density at radius 1 is 1.10 bits per heavy atom. The zero-order chi connectivity index (χ0) is 21.3. The minimum absolute atomic E-state index is 0.0457. The molecule has 0 N–H and O–H groups in total. The van der Waals surface area contributed by atoms with Gasteiger partial charge in [0.1, 0.15) is 11.5 Å². The second-order valence-electron chi connectivity index (χ2n) is 6.48. The highest BCUT2D eigenvalue weighted by atomic mass is 16.6. The van der Waals surface area contributed by atoms with Crippen molar-refractivity contribution in [3.05, 3.63) is 99.1 Å². The van der Waals surface area contributed by atoms with Gasteiger partial charge in [0.15, 0.2) is 5.76 Å². The number of benzene rings is 2. The number of nitro groups is 1. The molecule has 0 spiro atoms. The molecule has 1 aliphatic rings. The van der Waals surface area contributed by atoms with Gasteiger partial charge >= 0.3 is 5.97 Å². The Hall–Kier alpha value is -4.33. The van der Waals surface area contributed by atoms with E-state index in [4.69, 9.17) is 9.47 Å². The topological polar surface area (TPSA) is 109 Å². The summed E-state index contributed by atoms with van der Waals surface area (Å²) in [6.45, 7) is 1.69. The van der Waals surface area contributed by atoms with Crippen molar-refractivity contribution in [3.63, 3.8) is 0 Å². The Morgan fingerprint density at radius 3 is 2.47 bits per heavy atom. The van der Waals surface area contributed by atoms with E-state index in [1.165, 1.54) is 60.9 Å². The fraction of sp³-hybridized carbons (Fsp3) is 0.0455. The highest BCUT2D eigenvalue weighted by Gasteiger charge is 2.30. The van der Waals surface area contributed by atoms with Crippen molar-refractivity contribution in [2.24, 2.45) is 0 Å². The summed E-state index contributed by atoms with van der Waals surface area (Å²) in [6.07, 6.45) is 4.49. The number of rotatable bonds is 4. The summed E-state index contributed by atoms with van der Waals surface area (Å²) in [5.41, 5.74) is 1.75. The van der Waals surface area contributed by atoms with Crippen LogP contribution in [0.25, 0.3) is 6.08 Å². The molecule has 148 valence electrons. The minimum atomic E-state index is -0.550. The van der Waals surface area contributed by atoms with Gasteiger partial charge in [-0.25, -0.2) is 4.79 Å². The van der Waals surface area contributed by atoms with Crippen LogP contribution in [0.1, 0.15) is 31.8 Å². The third-order valence-electron chi connectivity index (χ3n) is 4.56. The van der Waals surface area contributed by atoms with Crippen molar-refractivity contribution >= 4 is 23.5 Å². The van der Waals surface area contributed by atoms with E-state index in [0.717, 1.165) is 0 Å². The largest absolute Gasteiger partial charge is 0.452 e. The lowest BCUT2D eigenvalue weighted by molar-refractivity contribution is -0.384. The number of hydrogen-bond donors (Lipinski definition) is 0. The van der Waals surface area contributed by atoms with Crippen LogP contribution in [-0.4, -0.2) is 21.7 Å². The van der Waals surface area contributed by atoms with Gasteiger partial charge in [-0.1, -0.05) is 0 Å². The van der Waals surface area contributed by atoms with Crippen LogP contribution in [0.3, 0.4) is 0 Å². The zero-order valence-corrected chi connectivity index (χ0v) is 15.7. The van der Waals surface area contributed by atoms with E-state index in [-0.39, 0.29) is 23.0 Å². The second kappa shape index (κ2) is 7.59. The molecule has 1 aliphatic heterocycles. The van der Waals surface area contributed by atoms with Crippen molar-refractivity contribution < 1.29 is 24.0 Å². The normalized spacial score (nSPS) is 13.6. The highest BCUT2D eigenvalue weighted by molar-refractivity contribution is 6.15. The molecule has 0 saturated heterocycles. The molecule has 0 radical (unpaired) electrons. The number of hydrogen-bond acceptors (Lipinski definition) is 7. The fourth-order valence-electron chi connectivity index (χ4n) is 2.97. The smallest absolute Gasteiger partial charge is 0.343 e. The summed E-state index contributed by atoms with van der Waals surface area (Å²) in [6, 6.07) is 11.9. The molecule has 0 unspecified atom stereocenters. The van der Waals surface area contributed by atoms with Gasteiger partial charge in [-0.05, 0) is 55.0 Å². The van der Waals surface area contributed by atoms with Gasteiger partial charge in [0, 0.05) is 30.1 Å². The Kier molecular flexibility index (Phi) is 4.81. The number of ether oxygens (including phenoxy) is 2. The van der Waals surface area contributed by atoms with E-state index in [1.54, 1.807) is 13.0 Å². The van der Waals surface area contributed by atoms with Crippen LogP contribution in [0.2, 0.25) is 0 Å². The summed E-state index contributed by atoms with van der Waals surface area (Å²) in [5, 5.41) is 10.8. The van der Waals surface area contributed by atoms with E-state index in [2.05, 4.69) is 4.98 Å². The van der Waals surface area contributed by atoms with Crippen LogP contribution in [0.5, 0.6) is 11.5 Å². The number of pyridine rings is 1. The minimum Gasteiger partial charge on any atom is -0.452 e. The molecule has 8 heteroatoms. The zero-order valence-electron chi connectivity index (χ0n) is 15.7. The van der Waals surface area contributed by atoms with E-state index >= 15 is 0 Å². The molecule has 30 heavy (non-hydrogen) atoms. The monoisotopic (exact) mass is 402 g/mol. The lowest BCUT2D eigenvalue weighted by Crippen LogP contribution is -2.09. The van der Waals surface area contributed by atoms with E-state index in [1.807, 2.05) is 0 Å². The molecule has 2 aromatic carbocycles. The molecule has 0 saturated carbocycles. The summed E-state index contributed by atoms with van der Waals surface area (Å²) in [4.78, 5) is 39.1. The standard InChI is InChI=1S/C22H14N2O6/c1-13-18(30-22(26)15-8-10-23-11-9-15)7-6-17-20(25)19(29-21(13)17)12-14-2-4-16(5-3-14)24(27)28/h2-12H,1H3/b19-12-.